The zero-order valence-corrected chi connectivity index (χ0v) is 11.0. The van der Waals surface area contributed by atoms with Crippen LogP contribution in [0.3, 0.4) is 0 Å². The number of hydrogen-bond acceptors (Lipinski definition) is 2. The number of carbonyl (C=O) groups is 1. The van der Waals surface area contributed by atoms with Crippen molar-refractivity contribution < 1.29 is 9.90 Å². The summed E-state index contributed by atoms with van der Waals surface area (Å²) in [5.74, 6) is -0.727. The van der Waals surface area contributed by atoms with Crippen molar-refractivity contribution in [1.82, 2.24) is 5.32 Å². The van der Waals surface area contributed by atoms with Crippen molar-refractivity contribution in [2.24, 2.45) is 10.8 Å². The third kappa shape index (κ3) is 3.78. The van der Waals surface area contributed by atoms with Crippen LogP contribution >= 0.6 is 0 Å². The van der Waals surface area contributed by atoms with E-state index in [0.717, 1.165) is 6.42 Å². The summed E-state index contributed by atoms with van der Waals surface area (Å²) in [6.07, 6.45) is 4.87. The third-order valence-electron chi connectivity index (χ3n) is 3.62. The normalized spacial score (nSPS) is 25.4. The van der Waals surface area contributed by atoms with Gasteiger partial charge in [-0.2, -0.15) is 0 Å². The van der Waals surface area contributed by atoms with E-state index in [1.807, 2.05) is 0 Å². The van der Waals surface area contributed by atoms with Crippen molar-refractivity contribution >= 4 is 5.97 Å². The molecule has 1 aliphatic carbocycles. The molecule has 1 rings (SSSR count). The fourth-order valence-corrected chi connectivity index (χ4v) is 2.35. The first-order valence-corrected chi connectivity index (χ1v) is 6.20. The van der Waals surface area contributed by atoms with E-state index in [-0.39, 0.29) is 0 Å². The Hall–Kier alpha value is -0.570. The molecular formula is C13H25NO2. The molecule has 0 bridgehead atoms. The Morgan fingerprint density at radius 3 is 2.62 bits per heavy atom. The minimum atomic E-state index is -0.727. The minimum absolute atomic E-state index is 0.406. The molecule has 0 heterocycles. The van der Waals surface area contributed by atoms with Crippen LogP contribution in [0.15, 0.2) is 0 Å². The zero-order valence-electron chi connectivity index (χ0n) is 11.0. The van der Waals surface area contributed by atoms with Gasteiger partial charge >= 0.3 is 5.97 Å². The molecule has 1 saturated carbocycles. The highest BCUT2D eigenvalue weighted by Gasteiger charge is 2.31. The summed E-state index contributed by atoms with van der Waals surface area (Å²) in [7, 11) is 0. The predicted octanol–water partition coefficient (Wildman–Crippen LogP) is 2.66. The van der Waals surface area contributed by atoms with Crippen LogP contribution < -0.4 is 5.32 Å². The standard InChI is InChI=1S/C13H25NO2/c1-12(2)7-5-6-10(8-12)14-9-13(3,4)11(15)16/h10,14H,5-9H2,1-4H3,(H,15,16). The SMILES string of the molecule is CC1(C)CCCC(NCC(C)(C)C(=O)O)C1. The second-order valence-corrected chi connectivity index (χ2v) is 6.53. The van der Waals surface area contributed by atoms with Crippen molar-refractivity contribution in [2.45, 2.75) is 59.4 Å². The average molecular weight is 227 g/mol. The molecule has 1 fully saturated rings. The third-order valence-corrected chi connectivity index (χ3v) is 3.62. The number of aliphatic carboxylic acids is 1. The molecule has 3 nitrogen and oxygen atoms in total. The molecule has 0 spiro atoms. The summed E-state index contributed by atoms with van der Waals surface area (Å²) >= 11 is 0. The van der Waals surface area contributed by atoms with Crippen molar-refractivity contribution in [3.8, 4) is 0 Å². The lowest BCUT2D eigenvalue weighted by atomic mass is 9.75. The number of carboxylic acids is 1. The molecule has 0 aromatic carbocycles. The maximum Gasteiger partial charge on any atom is 0.310 e. The molecule has 0 amide bonds. The van der Waals surface area contributed by atoms with Gasteiger partial charge in [-0.15, -0.1) is 0 Å². The largest absolute Gasteiger partial charge is 0.481 e. The van der Waals surface area contributed by atoms with Gasteiger partial charge in [-0.25, -0.2) is 0 Å². The lowest BCUT2D eigenvalue weighted by Gasteiger charge is -2.36. The highest BCUT2D eigenvalue weighted by Crippen LogP contribution is 2.35. The quantitative estimate of drug-likeness (QED) is 0.776. The van der Waals surface area contributed by atoms with Crippen LogP contribution in [-0.4, -0.2) is 23.7 Å². The summed E-state index contributed by atoms with van der Waals surface area (Å²) in [5, 5.41) is 12.5. The van der Waals surface area contributed by atoms with E-state index in [4.69, 9.17) is 5.11 Å². The Morgan fingerprint density at radius 1 is 1.50 bits per heavy atom. The van der Waals surface area contributed by atoms with E-state index < -0.39 is 11.4 Å². The van der Waals surface area contributed by atoms with Crippen LogP contribution in [0.5, 0.6) is 0 Å². The van der Waals surface area contributed by atoms with Crippen LogP contribution in [0, 0.1) is 10.8 Å². The van der Waals surface area contributed by atoms with E-state index in [2.05, 4.69) is 19.2 Å². The molecule has 0 radical (unpaired) electrons. The molecule has 0 saturated heterocycles. The molecule has 3 heteroatoms. The Bertz CT molecular complexity index is 259. The summed E-state index contributed by atoms with van der Waals surface area (Å²) in [6, 6.07) is 0.488. The van der Waals surface area contributed by atoms with Gasteiger partial charge in [-0.05, 0) is 38.5 Å². The predicted molar refractivity (Wildman–Crippen MR) is 65.5 cm³/mol. The summed E-state index contributed by atoms with van der Waals surface area (Å²) in [4.78, 5) is 11.0. The summed E-state index contributed by atoms with van der Waals surface area (Å²) in [5.41, 5.74) is -0.259. The van der Waals surface area contributed by atoms with Crippen LogP contribution in [0.25, 0.3) is 0 Å². The smallest absolute Gasteiger partial charge is 0.310 e. The van der Waals surface area contributed by atoms with Crippen LogP contribution in [-0.2, 0) is 4.79 Å². The van der Waals surface area contributed by atoms with Gasteiger partial charge in [0, 0.05) is 12.6 Å². The minimum Gasteiger partial charge on any atom is -0.481 e. The van der Waals surface area contributed by atoms with Gasteiger partial charge < -0.3 is 10.4 Å². The van der Waals surface area contributed by atoms with E-state index in [1.165, 1.54) is 19.3 Å². The van der Waals surface area contributed by atoms with Crippen molar-refractivity contribution in [3.05, 3.63) is 0 Å². The lowest BCUT2D eigenvalue weighted by molar-refractivity contribution is -0.146. The van der Waals surface area contributed by atoms with Crippen molar-refractivity contribution in [1.29, 1.82) is 0 Å². The molecule has 0 aromatic rings. The van der Waals surface area contributed by atoms with Crippen molar-refractivity contribution in [3.63, 3.8) is 0 Å². The first-order valence-electron chi connectivity index (χ1n) is 6.20. The molecule has 0 aliphatic heterocycles. The second kappa shape index (κ2) is 4.74. The fraction of sp³-hybridized carbons (Fsp3) is 0.923. The van der Waals surface area contributed by atoms with Gasteiger partial charge in [0.15, 0.2) is 0 Å². The summed E-state index contributed by atoms with van der Waals surface area (Å²) < 4.78 is 0. The first kappa shape index (κ1) is 13.5. The topological polar surface area (TPSA) is 49.3 Å². The van der Waals surface area contributed by atoms with Gasteiger partial charge in [-0.3, -0.25) is 4.79 Å². The molecule has 1 aliphatic rings. The van der Waals surface area contributed by atoms with Crippen LogP contribution in [0.2, 0.25) is 0 Å². The number of rotatable bonds is 4. The zero-order chi connectivity index (χ0) is 12.4. The molecule has 2 N–H and O–H groups in total. The molecule has 1 atom stereocenters. The number of hydrogen-bond donors (Lipinski definition) is 2. The van der Waals surface area contributed by atoms with Gasteiger partial charge in [0.1, 0.15) is 0 Å². The molecule has 0 aromatic heterocycles. The monoisotopic (exact) mass is 227 g/mol. The number of nitrogens with one attached hydrogen (secondary N) is 1. The Balaban J connectivity index is 2.41. The fourth-order valence-electron chi connectivity index (χ4n) is 2.35. The van der Waals surface area contributed by atoms with E-state index in [0.29, 0.717) is 18.0 Å². The molecular weight excluding hydrogens is 202 g/mol. The molecule has 94 valence electrons. The lowest BCUT2D eigenvalue weighted by Crippen LogP contribution is -2.44. The van der Waals surface area contributed by atoms with Crippen LogP contribution in [0.1, 0.15) is 53.4 Å². The molecule has 16 heavy (non-hydrogen) atoms. The van der Waals surface area contributed by atoms with E-state index >= 15 is 0 Å². The second-order valence-electron chi connectivity index (χ2n) is 6.53. The van der Waals surface area contributed by atoms with Gasteiger partial charge in [0.05, 0.1) is 5.41 Å². The first-order chi connectivity index (χ1) is 7.23. The highest BCUT2D eigenvalue weighted by molar-refractivity contribution is 5.73. The Kier molecular flexibility index (Phi) is 4.00. The molecule has 1 unspecified atom stereocenters. The maximum atomic E-state index is 11.0. The van der Waals surface area contributed by atoms with Crippen LogP contribution in [0.4, 0.5) is 0 Å². The van der Waals surface area contributed by atoms with Crippen molar-refractivity contribution in [2.75, 3.05) is 6.54 Å². The van der Waals surface area contributed by atoms with E-state index in [9.17, 15) is 4.79 Å². The van der Waals surface area contributed by atoms with Gasteiger partial charge in [-0.1, -0.05) is 20.3 Å². The Morgan fingerprint density at radius 2 is 2.12 bits per heavy atom. The average Bonchev–Trinajstić information content (AvgIpc) is 2.13. The van der Waals surface area contributed by atoms with Gasteiger partial charge in [0.2, 0.25) is 0 Å². The van der Waals surface area contributed by atoms with Gasteiger partial charge in [0.25, 0.3) is 0 Å². The Labute approximate surface area is 98.6 Å². The summed E-state index contributed by atoms with van der Waals surface area (Å²) in [6.45, 7) is 8.70. The van der Waals surface area contributed by atoms with E-state index in [1.54, 1.807) is 13.8 Å². The highest BCUT2D eigenvalue weighted by atomic mass is 16.4. The number of carboxylic acid groups (broad SMARTS) is 1. The maximum absolute atomic E-state index is 11.0.